The molecule has 3 heterocycles. The second-order valence-electron chi connectivity index (χ2n) is 15.1. The second kappa shape index (κ2) is 20.5. The van der Waals surface area contributed by atoms with Gasteiger partial charge in [-0.15, -0.1) is 0 Å². The number of imidazole rings is 1. The van der Waals surface area contributed by atoms with Crippen LogP contribution in [-0.4, -0.2) is 114 Å². The molecule has 2 unspecified atom stereocenters. The number of ether oxygens (including phenoxy) is 5. The van der Waals surface area contributed by atoms with Gasteiger partial charge in [0.2, 0.25) is 5.95 Å². The molecule has 5 atom stereocenters. The van der Waals surface area contributed by atoms with Gasteiger partial charge in [-0.3, -0.25) is 14.3 Å². The third kappa shape index (κ3) is 9.95. The topological polar surface area (TPSA) is 171 Å². The third-order valence-corrected chi connectivity index (χ3v) is 12.3. The first-order valence-electron chi connectivity index (χ1n) is 20.0. The number of aromatic amines is 1. The van der Waals surface area contributed by atoms with Crippen LogP contribution in [0.3, 0.4) is 0 Å². The fourth-order valence-corrected chi connectivity index (χ4v) is 9.22. The molecular formula is C44H55N8O8P. The Balaban J connectivity index is 1.50. The summed E-state index contributed by atoms with van der Waals surface area (Å²) in [5, 5.41) is 9.46. The summed E-state index contributed by atoms with van der Waals surface area (Å²) in [4.78, 5) is 31.2. The van der Waals surface area contributed by atoms with Gasteiger partial charge in [-0.25, -0.2) is 14.6 Å². The molecule has 16 nitrogen and oxygen atoms in total. The number of nitrogens with one attached hydrogen (secondary N) is 1. The van der Waals surface area contributed by atoms with Gasteiger partial charge in [-0.2, -0.15) is 10.2 Å². The van der Waals surface area contributed by atoms with Crippen molar-refractivity contribution in [2.45, 2.75) is 76.3 Å². The van der Waals surface area contributed by atoms with Gasteiger partial charge >= 0.3 is 0 Å². The number of benzene rings is 3. The molecule has 1 aliphatic heterocycles. The minimum atomic E-state index is -1.78. The van der Waals surface area contributed by atoms with Crippen molar-refractivity contribution in [2.24, 2.45) is 4.99 Å². The van der Waals surface area contributed by atoms with E-state index in [2.05, 4.69) is 58.4 Å². The number of nitrogens with zero attached hydrogens (tertiary/aromatic N) is 7. The van der Waals surface area contributed by atoms with Gasteiger partial charge in [0.05, 0.1) is 52.6 Å². The molecule has 17 heteroatoms. The summed E-state index contributed by atoms with van der Waals surface area (Å²) in [6.45, 7) is 8.44. The summed E-state index contributed by atoms with van der Waals surface area (Å²) in [6.07, 6.45) is -0.0727. The van der Waals surface area contributed by atoms with Crippen LogP contribution in [0, 0.1) is 11.3 Å². The molecule has 5 aromatic rings. The van der Waals surface area contributed by atoms with Crippen molar-refractivity contribution < 1.29 is 32.7 Å². The molecule has 324 valence electrons. The van der Waals surface area contributed by atoms with Crippen LogP contribution in [0.5, 0.6) is 11.5 Å². The Morgan fingerprint density at radius 2 is 1.54 bits per heavy atom. The molecule has 0 saturated carbocycles. The molecule has 0 bridgehead atoms. The van der Waals surface area contributed by atoms with Crippen LogP contribution in [0.2, 0.25) is 0 Å². The molecule has 0 radical (unpaired) electrons. The number of methoxy groups -OCH3 is 3. The zero-order valence-corrected chi connectivity index (χ0v) is 37.0. The summed E-state index contributed by atoms with van der Waals surface area (Å²) in [5.74, 6) is 1.48. The van der Waals surface area contributed by atoms with E-state index >= 15 is 0 Å². The summed E-state index contributed by atoms with van der Waals surface area (Å²) in [7, 11) is 6.69. The maximum atomic E-state index is 13.3. The highest BCUT2D eigenvalue weighted by Crippen LogP contribution is 2.51. The van der Waals surface area contributed by atoms with Crippen LogP contribution in [0.15, 0.2) is 95.0 Å². The normalized spacial score (nSPS) is 18.7. The van der Waals surface area contributed by atoms with E-state index in [9.17, 15) is 10.1 Å². The number of H-pyrrole nitrogens is 1. The number of nitriles is 1. The highest BCUT2D eigenvalue weighted by atomic mass is 31.2. The van der Waals surface area contributed by atoms with Crippen molar-refractivity contribution in [3.05, 3.63) is 112 Å². The second-order valence-corrected chi connectivity index (χ2v) is 16.5. The van der Waals surface area contributed by atoms with Crippen LogP contribution < -0.4 is 15.0 Å². The maximum absolute atomic E-state index is 13.3. The number of aromatic nitrogens is 4. The van der Waals surface area contributed by atoms with E-state index in [0.29, 0.717) is 11.5 Å². The molecule has 0 amide bonds. The quantitative estimate of drug-likeness (QED) is 0.0281. The summed E-state index contributed by atoms with van der Waals surface area (Å²) >= 11 is 0. The van der Waals surface area contributed by atoms with E-state index < -0.39 is 44.2 Å². The number of rotatable bonds is 20. The zero-order chi connectivity index (χ0) is 43.7. The summed E-state index contributed by atoms with van der Waals surface area (Å²) < 4.78 is 49.1. The molecule has 0 aliphatic carbocycles. The predicted molar refractivity (Wildman–Crippen MR) is 233 cm³/mol. The Morgan fingerprint density at radius 1 is 0.934 bits per heavy atom. The molecule has 1 N–H and O–H groups in total. The average molecular weight is 855 g/mol. The highest BCUT2D eigenvalue weighted by molar-refractivity contribution is 7.44. The molecule has 1 aliphatic rings. The van der Waals surface area contributed by atoms with Crippen LogP contribution in [0.25, 0.3) is 11.2 Å². The van der Waals surface area contributed by atoms with Crippen molar-refractivity contribution in [2.75, 3.05) is 48.6 Å². The molecule has 3 aromatic carbocycles. The van der Waals surface area contributed by atoms with E-state index in [-0.39, 0.29) is 48.8 Å². The SMILES string of the molecule is COc1ccc(C(OC[C@H]2O[C@@H](n3cnc4c(=O)[nH]c(/N=C\N(C)C)nc43)[C@@H](OC)C2OP(OCCC#N)N(C(C)C)C(C)C)(c2ccccc2)c2ccc(OC)cc2)cc1. The van der Waals surface area contributed by atoms with Gasteiger partial charge < -0.3 is 37.6 Å². The van der Waals surface area contributed by atoms with Crippen LogP contribution >= 0.6 is 8.53 Å². The number of hydrogen-bond acceptors (Lipinski definition) is 13. The first-order chi connectivity index (χ1) is 29.4. The Morgan fingerprint density at radius 3 is 2.08 bits per heavy atom. The lowest BCUT2D eigenvalue weighted by Gasteiger charge is -2.39. The van der Waals surface area contributed by atoms with Crippen LogP contribution in [0.4, 0.5) is 5.95 Å². The van der Waals surface area contributed by atoms with E-state index in [4.69, 9.17) is 32.7 Å². The van der Waals surface area contributed by atoms with Crippen molar-refractivity contribution in [1.82, 2.24) is 29.1 Å². The standard InChI is InChI=1S/C44H55N8O8P/c1-29(2)52(30(3)4)61(58-25-13-24-45)60-38-36(59-42(39(38)56-9)51-28-46-37-40(51)48-43(49-41(37)53)47-27-50(5)6)26-57-44(31-14-11-10-12-15-31,32-16-20-34(54-7)21-17-32)33-18-22-35(55-8)23-19-33/h10-12,14-23,27-30,36,38-39,42H,13,25-26H2,1-9H3,(H,48,49,53)/b47-27-/t36-,38?,39+,42-,61?/m1/s1. The van der Waals surface area contributed by atoms with Gasteiger partial charge in [-0.1, -0.05) is 54.6 Å². The maximum Gasteiger partial charge on any atom is 0.280 e. The predicted octanol–water partition coefficient (Wildman–Crippen LogP) is 6.94. The van der Waals surface area contributed by atoms with Gasteiger partial charge in [0.1, 0.15) is 35.4 Å². The summed E-state index contributed by atoms with van der Waals surface area (Å²) in [6, 6.07) is 27.8. The zero-order valence-electron chi connectivity index (χ0n) is 36.1. The number of aliphatic imine (C=N–C) groups is 1. The lowest BCUT2D eigenvalue weighted by Crippen LogP contribution is -2.42. The van der Waals surface area contributed by atoms with Gasteiger partial charge in [0.15, 0.2) is 17.4 Å². The van der Waals surface area contributed by atoms with Gasteiger partial charge in [0, 0.05) is 33.3 Å². The monoisotopic (exact) mass is 854 g/mol. The highest BCUT2D eigenvalue weighted by Gasteiger charge is 2.51. The molecule has 0 spiro atoms. The van der Waals surface area contributed by atoms with Crippen LogP contribution in [-0.2, 0) is 28.9 Å². The molecular weight excluding hydrogens is 800 g/mol. The summed E-state index contributed by atoms with van der Waals surface area (Å²) in [5.41, 5.74) is 1.25. The first-order valence-corrected chi connectivity index (χ1v) is 21.2. The minimum absolute atomic E-state index is 0.0161. The third-order valence-electron chi connectivity index (χ3n) is 10.2. The van der Waals surface area contributed by atoms with Crippen molar-refractivity contribution in [3.8, 4) is 17.6 Å². The van der Waals surface area contributed by atoms with E-state index in [1.165, 1.54) is 6.33 Å². The fourth-order valence-electron chi connectivity index (χ4n) is 7.46. The Kier molecular flexibility index (Phi) is 15.3. The lowest BCUT2D eigenvalue weighted by molar-refractivity contribution is -0.0938. The Labute approximate surface area is 358 Å². The Hall–Kier alpha value is -5.24. The number of fused-ring (bicyclic) bond motifs is 1. The van der Waals surface area contributed by atoms with E-state index in [0.717, 1.165) is 16.7 Å². The smallest absolute Gasteiger partial charge is 0.280 e. The molecule has 1 saturated heterocycles. The molecule has 61 heavy (non-hydrogen) atoms. The first kappa shape index (κ1) is 45.3. The molecule has 6 rings (SSSR count). The van der Waals surface area contributed by atoms with Crippen LogP contribution in [0.1, 0.15) is 57.0 Å². The Bertz CT molecular complexity index is 2240. The molecule has 2 aromatic heterocycles. The fraction of sp³-hybridized carbons (Fsp3) is 0.432. The van der Waals surface area contributed by atoms with Crippen molar-refractivity contribution >= 4 is 32.0 Å². The van der Waals surface area contributed by atoms with E-state index in [1.54, 1.807) is 37.1 Å². The van der Waals surface area contributed by atoms with Gasteiger partial charge in [-0.05, 0) is 68.7 Å². The minimum Gasteiger partial charge on any atom is -0.497 e. The lowest BCUT2D eigenvalue weighted by atomic mass is 9.80. The van der Waals surface area contributed by atoms with Crippen molar-refractivity contribution in [1.29, 1.82) is 5.26 Å². The van der Waals surface area contributed by atoms with Gasteiger partial charge in [0.25, 0.3) is 14.1 Å². The molecule has 1 fully saturated rings. The average Bonchev–Trinajstić information content (AvgIpc) is 3.84. The number of hydrogen-bond donors (Lipinski definition) is 1. The van der Waals surface area contributed by atoms with E-state index in [1.807, 2.05) is 93.0 Å². The van der Waals surface area contributed by atoms with Crippen molar-refractivity contribution in [3.63, 3.8) is 0 Å². The largest absolute Gasteiger partial charge is 0.497 e.